The quantitative estimate of drug-likeness (QED) is 0.811. The fourth-order valence-electron chi connectivity index (χ4n) is 2.59. The first-order valence-electron chi connectivity index (χ1n) is 6.58. The molecule has 104 valence electrons. The van der Waals surface area contributed by atoms with E-state index in [0.29, 0.717) is 16.3 Å². The van der Waals surface area contributed by atoms with Gasteiger partial charge in [-0.1, -0.05) is 15.9 Å². The molecule has 1 aromatic rings. The fourth-order valence-corrected chi connectivity index (χ4v) is 2.95. The molecule has 1 N–H and O–H groups in total. The molecule has 0 spiro atoms. The Balaban J connectivity index is 1.86. The lowest BCUT2D eigenvalue weighted by Gasteiger charge is -2.22. The van der Waals surface area contributed by atoms with E-state index in [4.69, 9.17) is 0 Å². The van der Waals surface area contributed by atoms with E-state index in [0.717, 1.165) is 31.7 Å². The summed E-state index contributed by atoms with van der Waals surface area (Å²) in [6, 6.07) is 4.57. The molecule has 0 heterocycles. The van der Waals surface area contributed by atoms with Crippen molar-refractivity contribution < 1.29 is 13.2 Å². The van der Waals surface area contributed by atoms with Crippen LogP contribution in [-0.2, 0) is 6.18 Å². The average molecular weight is 334 g/mol. The highest BCUT2D eigenvalue weighted by Crippen LogP contribution is 2.47. The molecule has 2 aliphatic rings. The Hall–Kier alpha value is -0.710. The summed E-state index contributed by atoms with van der Waals surface area (Å²) in [5.74, 6) is 1.13. The number of hydrogen-bond acceptors (Lipinski definition) is 1. The molecule has 1 aromatic carbocycles. The third-order valence-corrected chi connectivity index (χ3v) is 4.36. The van der Waals surface area contributed by atoms with Gasteiger partial charge in [-0.15, -0.1) is 0 Å². The second-order valence-electron chi connectivity index (χ2n) is 5.53. The van der Waals surface area contributed by atoms with Crippen molar-refractivity contribution in [2.24, 2.45) is 11.8 Å². The number of anilines is 1. The Morgan fingerprint density at radius 2 is 1.68 bits per heavy atom. The number of halogens is 4. The van der Waals surface area contributed by atoms with E-state index in [1.165, 1.54) is 6.07 Å². The predicted octanol–water partition coefficient (Wildman–Crippen LogP) is 5.07. The van der Waals surface area contributed by atoms with Crippen LogP contribution in [0.5, 0.6) is 0 Å². The maximum absolute atomic E-state index is 13.1. The van der Waals surface area contributed by atoms with Gasteiger partial charge in [0.25, 0.3) is 0 Å². The van der Waals surface area contributed by atoms with Gasteiger partial charge < -0.3 is 5.32 Å². The third kappa shape index (κ3) is 3.07. The summed E-state index contributed by atoms with van der Waals surface area (Å²) >= 11 is 3.11. The Kier molecular flexibility index (Phi) is 3.28. The molecule has 2 aliphatic carbocycles. The second-order valence-corrected chi connectivity index (χ2v) is 6.45. The van der Waals surface area contributed by atoms with Crippen LogP contribution in [-0.4, -0.2) is 6.04 Å². The van der Waals surface area contributed by atoms with Crippen LogP contribution in [0.1, 0.15) is 31.2 Å². The third-order valence-electron chi connectivity index (χ3n) is 3.87. The molecule has 0 amide bonds. The lowest BCUT2D eigenvalue weighted by molar-refractivity contribution is -0.137. The van der Waals surface area contributed by atoms with Gasteiger partial charge in [0, 0.05) is 16.2 Å². The largest absolute Gasteiger partial charge is 0.418 e. The summed E-state index contributed by atoms with van der Waals surface area (Å²) in [4.78, 5) is 0. The van der Waals surface area contributed by atoms with Gasteiger partial charge >= 0.3 is 6.18 Å². The Labute approximate surface area is 118 Å². The number of hydrogen-bond donors (Lipinski definition) is 1. The molecule has 0 atom stereocenters. The molecule has 3 rings (SSSR count). The first-order valence-corrected chi connectivity index (χ1v) is 7.38. The Morgan fingerprint density at radius 1 is 1.11 bits per heavy atom. The molecular weight excluding hydrogens is 319 g/mol. The highest BCUT2D eigenvalue weighted by atomic mass is 79.9. The lowest BCUT2D eigenvalue weighted by Crippen LogP contribution is -2.26. The summed E-state index contributed by atoms with van der Waals surface area (Å²) in [6.07, 6.45) is 0.264. The topological polar surface area (TPSA) is 12.0 Å². The van der Waals surface area contributed by atoms with Crippen molar-refractivity contribution in [2.75, 3.05) is 5.32 Å². The zero-order valence-corrected chi connectivity index (χ0v) is 11.9. The highest BCUT2D eigenvalue weighted by molar-refractivity contribution is 9.10. The SMILES string of the molecule is FC(F)(F)c1cc(Br)ccc1NC(C1CC1)C1CC1. The molecule has 19 heavy (non-hydrogen) atoms. The monoisotopic (exact) mass is 333 g/mol. The average Bonchev–Trinajstić information content (AvgIpc) is 3.19. The van der Waals surface area contributed by atoms with Gasteiger partial charge in [0.1, 0.15) is 0 Å². The van der Waals surface area contributed by atoms with Crippen molar-refractivity contribution in [1.82, 2.24) is 0 Å². The van der Waals surface area contributed by atoms with Crippen molar-refractivity contribution >= 4 is 21.6 Å². The molecule has 0 aromatic heterocycles. The van der Waals surface area contributed by atoms with E-state index in [1.807, 2.05) is 0 Å². The molecule has 0 saturated heterocycles. The summed E-state index contributed by atoms with van der Waals surface area (Å²) in [7, 11) is 0. The van der Waals surface area contributed by atoms with Crippen molar-refractivity contribution in [3.63, 3.8) is 0 Å². The first kappa shape index (κ1) is 13.3. The normalized spacial score (nSPS) is 19.8. The van der Waals surface area contributed by atoms with E-state index < -0.39 is 11.7 Å². The standard InChI is InChI=1S/C14H15BrF3N/c15-10-5-6-12(11(7-10)14(16,17)18)19-13(8-1-2-8)9-3-4-9/h5-9,13,19H,1-4H2. The minimum absolute atomic E-state index is 0.222. The predicted molar refractivity (Wildman–Crippen MR) is 72.0 cm³/mol. The smallest absolute Gasteiger partial charge is 0.381 e. The lowest BCUT2D eigenvalue weighted by atomic mass is 10.1. The fraction of sp³-hybridized carbons (Fsp3) is 0.571. The van der Waals surface area contributed by atoms with E-state index in [-0.39, 0.29) is 11.7 Å². The van der Waals surface area contributed by atoms with Gasteiger partial charge in [0.05, 0.1) is 5.56 Å². The van der Waals surface area contributed by atoms with Crippen molar-refractivity contribution in [2.45, 2.75) is 37.9 Å². The molecule has 2 fully saturated rings. The van der Waals surface area contributed by atoms with Gasteiger partial charge in [0.15, 0.2) is 0 Å². The zero-order chi connectivity index (χ0) is 13.6. The Morgan fingerprint density at radius 3 is 2.16 bits per heavy atom. The van der Waals surface area contributed by atoms with E-state index in [2.05, 4.69) is 21.2 Å². The number of alkyl halides is 3. The van der Waals surface area contributed by atoms with Crippen molar-refractivity contribution in [3.05, 3.63) is 28.2 Å². The van der Waals surface area contributed by atoms with Crippen LogP contribution < -0.4 is 5.32 Å². The maximum atomic E-state index is 13.1. The Bertz CT molecular complexity index is 466. The zero-order valence-electron chi connectivity index (χ0n) is 10.3. The van der Waals surface area contributed by atoms with Gasteiger partial charge in [-0.25, -0.2) is 0 Å². The maximum Gasteiger partial charge on any atom is 0.418 e. The van der Waals surface area contributed by atoms with Crippen molar-refractivity contribution in [1.29, 1.82) is 0 Å². The minimum atomic E-state index is -4.32. The molecular formula is C14H15BrF3N. The number of benzene rings is 1. The summed E-state index contributed by atoms with van der Waals surface area (Å²) in [5.41, 5.74) is -0.354. The van der Waals surface area contributed by atoms with Gasteiger partial charge in [-0.05, 0) is 55.7 Å². The summed E-state index contributed by atoms with van der Waals surface area (Å²) < 4.78 is 39.6. The summed E-state index contributed by atoms with van der Waals surface area (Å²) in [5, 5.41) is 3.16. The second kappa shape index (κ2) is 4.69. The van der Waals surface area contributed by atoms with E-state index >= 15 is 0 Å². The van der Waals surface area contributed by atoms with Crippen LogP contribution in [0.3, 0.4) is 0 Å². The van der Waals surface area contributed by atoms with E-state index in [1.54, 1.807) is 6.07 Å². The molecule has 2 saturated carbocycles. The molecule has 1 nitrogen and oxygen atoms in total. The highest BCUT2D eigenvalue weighted by Gasteiger charge is 2.42. The molecule has 0 bridgehead atoms. The van der Waals surface area contributed by atoms with E-state index in [9.17, 15) is 13.2 Å². The molecule has 0 aliphatic heterocycles. The van der Waals surface area contributed by atoms with Crippen LogP contribution in [0.4, 0.5) is 18.9 Å². The van der Waals surface area contributed by atoms with Crippen LogP contribution in [0.15, 0.2) is 22.7 Å². The van der Waals surface area contributed by atoms with Crippen LogP contribution in [0.25, 0.3) is 0 Å². The van der Waals surface area contributed by atoms with Gasteiger partial charge in [-0.3, -0.25) is 0 Å². The first-order chi connectivity index (χ1) is 8.95. The van der Waals surface area contributed by atoms with Crippen LogP contribution in [0.2, 0.25) is 0 Å². The van der Waals surface area contributed by atoms with Crippen LogP contribution in [0, 0.1) is 11.8 Å². The minimum Gasteiger partial charge on any atom is -0.381 e. The molecule has 0 unspecified atom stereocenters. The molecule has 5 heteroatoms. The van der Waals surface area contributed by atoms with Crippen LogP contribution >= 0.6 is 15.9 Å². The van der Waals surface area contributed by atoms with Crippen molar-refractivity contribution in [3.8, 4) is 0 Å². The molecule has 0 radical (unpaired) electrons. The van der Waals surface area contributed by atoms with Gasteiger partial charge in [0.2, 0.25) is 0 Å². The number of rotatable bonds is 4. The van der Waals surface area contributed by atoms with Gasteiger partial charge in [-0.2, -0.15) is 13.2 Å². The summed E-state index contributed by atoms with van der Waals surface area (Å²) in [6.45, 7) is 0. The number of nitrogens with one attached hydrogen (secondary N) is 1.